The minimum absolute atomic E-state index is 0.283. The van der Waals surface area contributed by atoms with Crippen LogP contribution >= 0.6 is 11.8 Å². The largest absolute Gasteiger partial charge is 0.462 e. The summed E-state index contributed by atoms with van der Waals surface area (Å²) in [4.78, 5) is 37.7. The maximum atomic E-state index is 12.6. The third-order valence-electron chi connectivity index (χ3n) is 3.96. The third-order valence-corrected chi connectivity index (χ3v) is 4.87. The molecule has 2 heterocycles. The second-order valence-electron chi connectivity index (χ2n) is 6.40. The molecule has 0 saturated carbocycles. The van der Waals surface area contributed by atoms with Gasteiger partial charge in [0.25, 0.3) is 11.1 Å². The third kappa shape index (κ3) is 4.14. The van der Waals surface area contributed by atoms with Gasteiger partial charge in [-0.05, 0) is 62.4 Å². The summed E-state index contributed by atoms with van der Waals surface area (Å²) in [5.74, 6) is -1.08. The second-order valence-corrected chi connectivity index (χ2v) is 7.39. The van der Waals surface area contributed by atoms with Crippen LogP contribution < -0.4 is 0 Å². The molecule has 1 aliphatic heterocycles. The Morgan fingerprint density at radius 1 is 1.19 bits per heavy atom. The Morgan fingerprint density at radius 2 is 1.93 bits per heavy atom. The maximum absolute atomic E-state index is 12.6. The lowest BCUT2D eigenvalue weighted by molar-refractivity contribution is -0.149. The molecule has 0 aliphatic carbocycles. The fourth-order valence-electron chi connectivity index (χ4n) is 2.76. The lowest BCUT2D eigenvalue weighted by Crippen LogP contribution is -2.35. The Bertz CT molecular complexity index is 930. The molecule has 0 unspecified atom stereocenters. The number of hydrogen-bond acceptors (Lipinski definition) is 5. The van der Waals surface area contributed by atoms with Gasteiger partial charge in [-0.25, -0.2) is 0 Å². The molecule has 7 heteroatoms. The number of thioether (sulfide) groups is 1. The number of aryl methyl sites for hydroxylation is 1. The fourth-order valence-corrected chi connectivity index (χ4v) is 3.59. The van der Waals surface area contributed by atoms with E-state index in [1.807, 2.05) is 54.1 Å². The van der Waals surface area contributed by atoms with Gasteiger partial charge in [-0.2, -0.15) is 0 Å². The molecule has 3 rings (SSSR count). The zero-order valence-corrected chi connectivity index (χ0v) is 16.2. The molecular weight excluding hydrogens is 364 g/mol. The number of rotatable bonds is 5. The molecule has 0 spiro atoms. The number of amides is 2. The molecule has 0 N–H and O–H groups in total. The van der Waals surface area contributed by atoms with Crippen molar-refractivity contribution < 1.29 is 19.1 Å². The van der Waals surface area contributed by atoms with Crippen LogP contribution in [0.25, 0.3) is 11.8 Å². The van der Waals surface area contributed by atoms with Crippen LogP contribution in [0.1, 0.15) is 25.1 Å². The zero-order chi connectivity index (χ0) is 19.6. The van der Waals surface area contributed by atoms with E-state index in [0.717, 1.165) is 33.6 Å². The average molecular weight is 384 g/mol. The number of nitrogens with zero attached hydrogens (tertiary/aromatic N) is 2. The van der Waals surface area contributed by atoms with E-state index < -0.39 is 17.1 Å². The standard InChI is InChI=1S/C20H20N2O4S/c1-13(2)26-18(23)12-22-19(24)17(27-20(22)25)11-15-8-6-10-21(15)16-9-5-4-7-14(16)3/h4-11,13H,12H2,1-3H3/b17-11-. The predicted molar refractivity (Wildman–Crippen MR) is 104 cm³/mol. The number of ether oxygens (including phenoxy) is 1. The smallest absolute Gasteiger partial charge is 0.326 e. The number of hydrogen-bond donors (Lipinski definition) is 0. The Morgan fingerprint density at radius 3 is 2.63 bits per heavy atom. The summed E-state index contributed by atoms with van der Waals surface area (Å²) in [5, 5.41) is -0.471. The number of para-hydroxylation sites is 1. The molecule has 27 heavy (non-hydrogen) atoms. The Hall–Kier alpha value is -2.80. The first-order valence-corrected chi connectivity index (χ1v) is 9.36. The normalized spacial score (nSPS) is 15.9. The Balaban J connectivity index is 1.84. The topological polar surface area (TPSA) is 68.6 Å². The van der Waals surface area contributed by atoms with Gasteiger partial charge in [0.1, 0.15) is 6.54 Å². The van der Waals surface area contributed by atoms with Gasteiger partial charge in [0.05, 0.1) is 11.0 Å². The SMILES string of the molecule is Cc1ccccc1-n1cccc1/C=C1\SC(=O)N(CC(=O)OC(C)C)C1=O. The van der Waals surface area contributed by atoms with E-state index in [0.29, 0.717) is 0 Å². The monoisotopic (exact) mass is 384 g/mol. The number of carbonyl (C=O) groups excluding carboxylic acids is 3. The molecule has 1 aliphatic rings. The van der Waals surface area contributed by atoms with E-state index >= 15 is 0 Å². The minimum Gasteiger partial charge on any atom is -0.462 e. The summed E-state index contributed by atoms with van der Waals surface area (Å²) in [5.41, 5.74) is 2.86. The molecule has 140 valence electrons. The van der Waals surface area contributed by atoms with Crippen LogP contribution in [-0.2, 0) is 14.3 Å². The van der Waals surface area contributed by atoms with Gasteiger partial charge in [0.2, 0.25) is 0 Å². The second kappa shape index (κ2) is 7.84. The van der Waals surface area contributed by atoms with Gasteiger partial charge in [-0.3, -0.25) is 19.3 Å². The minimum atomic E-state index is -0.600. The maximum Gasteiger partial charge on any atom is 0.326 e. The van der Waals surface area contributed by atoms with Gasteiger partial charge in [-0.1, -0.05) is 18.2 Å². The van der Waals surface area contributed by atoms with Crippen molar-refractivity contribution in [2.75, 3.05) is 6.54 Å². The van der Waals surface area contributed by atoms with Crippen LogP contribution in [0.3, 0.4) is 0 Å². The predicted octanol–water partition coefficient (Wildman–Crippen LogP) is 3.77. The summed E-state index contributed by atoms with van der Waals surface area (Å²) in [7, 11) is 0. The molecule has 1 fully saturated rings. The first-order chi connectivity index (χ1) is 12.9. The molecular formula is C20H20N2O4S. The van der Waals surface area contributed by atoms with Crippen molar-refractivity contribution in [2.45, 2.75) is 26.9 Å². The summed E-state index contributed by atoms with van der Waals surface area (Å²) in [6, 6.07) is 11.6. The number of imide groups is 1. The highest BCUT2D eigenvalue weighted by Crippen LogP contribution is 2.32. The molecule has 1 aromatic carbocycles. The molecule has 2 aromatic rings. The van der Waals surface area contributed by atoms with E-state index in [9.17, 15) is 14.4 Å². The highest BCUT2D eigenvalue weighted by molar-refractivity contribution is 8.18. The highest BCUT2D eigenvalue weighted by atomic mass is 32.2. The number of aromatic nitrogens is 1. The van der Waals surface area contributed by atoms with Crippen LogP contribution in [0.2, 0.25) is 0 Å². The number of carbonyl (C=O) groups is 3. The van der Waals surface area contributed by atoms with E-state index in [1.165, 1.54) is 0 Å². The van der Waals surface area contributed by atoms with E-state index in [4.69, 9.17) is 4.74 Å². The average Bonchev–Trinajstić information content (AvgIpc) is 3.15. The Labute approximate surface area is 161 Å². The van der Waals surface area contributed by atoms with Crippen molar-refractivity contribution in [3.8, 4) is 5.69 Å². The quantitative estimate of drug-likeness (QED) is 0.580. The summed E-state index contributed by atoms with van der Waals surface area (Å²) >= 11 is 0.826. The first-order valence-electron chi connectivity index (χ1n) is 8.55. The van der Waals surface area contributed by atoms with Crippen LogP contribution in [0, 0.1) is 6.92 Å². The number of benzene rings is 1. The van der Waals surface area contributed by atoms with Crippen molar-refractivity contribution in [1.82, 2.24) is 9.47 Å². The van der Waals surface area contributed by atoms with Gasteiger partial charge in [0.15, 0.2) is 0 Å². The van der Waals surface area contributed by atoms with Gasteiger partial charge in [-0.15, -0.1) is 0 Å². The lowest BCUT2D eigenvalue weighted by Gasteiger charge is -2.13. The molecule has 6 nitrogen and oxygen atoms in total. The van der Waals surface area contributed by atoms with Crippen LogP contribution in [-0.4, -0.2) is 39.2 Å². The summed E-state index contributed by atoms with van der Waals surface area (Å²) in [6.45, 7) is 5.06. The van der Waals surface area contributed by atoms with Crippen molar-refractivity contribution in [3.05, 3.63) is 58.8 Å². The van der Waals surface area contributed by atoms with Crippen molar-refractivity contribution >= 4 is 35.0 Å². The molecule has 0 radical (unpaired) electrons. The first kappa shape index (κ1) is 19.0. The molecule has 1 saturated heterocycles. The Kier molecular flexibility index (Phi) is 5.51. The lowest BCUT2D eigenvalue weighted by atomic mass is 10.2. The van der Waals surface area contributed by atoms with Crippen molar-refractivity contribution in [1.29, 1.82) is 0 Å². The molecule has 2 amide bonds. The van der Waals surface area contributed by atoms with Gasteiger partial charge in [0, 0.05) is 17.6 Å². The van der Waals surface area contributed by atoms with Gasteiger partial charge < -0.3 is 9.30 Å². The summed E-state index contributed by atoms with van der Waals surface area (Å²) in [6.07, 6.45) is 3.27. The van der Waals surface area contributed by atoms with E-state index in [2.05, 4.69) is 0 Å². The zero-order valence-electron chi connectivity index (χ0n) is 15.3. The fraction of sp³-hybridized carbons (Fsp3) is 0.250. The van der Waals surface area contributed by atoms with Crippen LogP contribution in [0.4, 0.5) is 4.79 Å². The number of esters is 1. The van der Waals surface area contributed by atoms with Crippen LogP contribution in [0.15, 0.2) is 47.5 Å². The van der Waals surface area contributed by atoms with E-state index in [-0.39, 0.29) is 17.6 Å². The molecule has 1 aromatic heterocycles. The van der Waals surface area contributed by atoms with Crippen LogP contribution in [0.5, 0.6) is 0 Å². The van der Waals surface area contributed by atoms with Gasteiger partial charge >= 0.3 is 5.97 Å². The molecule has 0 bridgehead atoms. The van der Waals surface area contributed by atoms with E-state index in [1.54, 1.807) is 19.9 Å². The molecule has 0 atom stereocenters. The highest BCUT2D eigenvalue weighted by Gasteiger charge is 2.37. The van der Waals surface area contributed by atoms with Crippen molar-refractivity contribution in [3.63, 3.8) is 0 Å². The summed E-state index contributed by atoms with van der Waals surface area (Å²) < 4.78 is 6.98. The van der Waals surface area contributed by atoms with Crippen molar-refractivity contribution in [2.24, 2.45) is 0 Å².